The van der Waals surface area contributed by atoms with Crippen molar-refractivity contribution in [1.82, 2.24) is 9.97 Å². The lowest BCUT2D eigenvalue weighted by molar-refractivity contribution is -0.949. The normalized spacial score (nSPS) is 25.8. The number of piperidine rings is 1. The quantitative estimate of drug-likeness (QED) is 0.801. The first kappa shape index (κ1) is 17.7. The predicted octanol–water partition coefficient (Wildman–Crippen LogP) is 1.82. The molecule has 26 heavy (non-hydrogen) atoms. The summed E-state index contributed by atoms with van der Waals surface area (Å²) in [6.07, 6.45) is 7.93. The number of nitrogens with one attached hydrogen (secondary N) is 2. The van der Waals surface area contributed by atoms with Gasteiger partial charge in [-0.2, -0.15) is 0 Å². The van der Waals surface area contributed by atoms with Gasteiger partial charge in [0.15, 0.2) is 5.82 Å². The largest absolute Gasteiger partial charge is 0.465 e. The van der Waals surface area contributed by atoms with Crippen LogP contribution in [0.25, 0.3) is 10.2 Å². The van der Waals surface area contributed by atoms with Crippen molar-refractivity contribution in [2.45, 2.75) is 58.0 Å². The number of likely N-dealkylation sites (tertiary alicyclic amines) is 1. The number of esters is 1. The van der Waals surface area contributed by atoms with Crippen LogP contribution in [0.3, 0.4) is 0 Å². The summed E-state index contributed by atoms with van der Waals surface area (Å²) in [5.74, 6) is 1.16. The fraction of sp³-hybridized carbons (Fsp3) is 0.632. The van der Waals surface area contributed by atoms with Crippen molar-refractivity contribution in [2.75, 3.05) is 13.7 Å². The van der Waals surface area contributed by atoms with Crippen molar-refractivity contribution in [1.29, 1.82) is 0 Å². The fourth-order valence-corrected chi connectivity index (χ4v) is 5.98. The Labute approximate surface area is 156 Å². The molecule has 3 heterocycles. The number of fused-ring (bicyclic) bond motifs is 2. The highest BCUT2D eigenvalue weighted by atomic mass is 32.1. The van der Waals surface area contributed by atoms with Gasteiger partial charge < -0.3 is 14.6 Å². The zero-order valence-corrected chi connectivity index (χ0v) is 16.2. The van der Waals surface area contributed by atoms with Crippen molar-refractivity contribution in [3.63, 3.8) is 0 Å². The third-order valence-corrected chi connectivity index (χ3v) is 7.29. The van der Waals surface area contributed by atoms with Gasteiger partial charge in [0.2, 0.25) is 0 Å². The van der Waals surface area contributed by atoms with E-state index in [1.165, 1.54) is 57.0 Å². The van der Waals surface area contributed by atoms with Gasteiger partial charge in [0.25, 0.3) is 5.56 Å². The zero-order valence-electron chi connectivity index (χ0n) is 15.4. The molecule has 4 rings (SSSR count). The maximum absolute atomic E-state index is 12.6. The van der Waals surface area contributed by atoms with E-state index in [1.54, 1.807) is 11.8 Å². The van der Waals surface area contributed by atoms with Gasteiger partial charge in [0.1, 0.15) is 16.3 Å². The van der Waals surface area contributed by atoms with Gasteiger partial charge in [-0.05, 0) is 44.6 Å². The number of aromatic nitrogens is 2. The van der Waals surface area contributed by atoms with E-state index in [2.05, 4.69) is 4.98 Å². The van der Waals surface area contributed by atoms with E-state index >= 15 is 0 Å². The molecule has 140 valence electrons. The number of thiophene rings is 1. The van der Waals surface area contributed by atoms with Gasteiger partial charge in [0, 0.05) is 5.92 Å². The average Bonchev–Trinajstić information content (AvgIpc) is 2.98. The van der Waals surface area contributed by atoms with Gasteiger partial charge in [0.05, 0.1) is 25.1 Å². The molecule has 0 spiro atoms. The van der Waals surface area contributed by atoms with E-state index in [4.69, 9.17) is 9.72 Å². The molecule has 0 aromatic carbocycles. The van der Waals surface area contributed by atoms with Crippen LogP contribution >= 0.6 is 11.3 Å². The molecule has 0 bridgehead atoms. The van der Waals surface area contributed by atoms with E-state index in [1.807, 2.05) is 0 Å². The van der Waals surface area contributed by atoms with Gasteiger partial charge >= 0.3 is 5.97 Å². The third kappa shape index (κ3) is 3.07. The van der Waals surface area contributed by atoms with Gasteiger partial charge in [-0.15, -0.1) is 11.3 Å². The van der Waals surface area contributed by atoms with Crippen LogP contribution < -0.4 is 10.5 Å². The van der Waals surface area contributed by atoms with Crippen LogP contribution in [0.15, 0.2) is 4.79 Å². The van der Waals surface area contributed by atoms with Gasteiger partial charge in [-0.3, -0.25) is 4.79 Å². The summed E-state index contributed by atoms with van der Waals surface area (Å²) < 4.78 is 4.82. The molecule has 2 N–H and O–H groups in total. The molecule has 2 aromatic heterocycles. The number of nitrogens with zero attached hydrogens (tertiary/aromatic N) is 1. The third-order valence-electron chi connectivity index (χ3n) is 6.12. The Morgan fingerprint density at radius 2 is 2.08 bits per heavy atom. The lowest BCUT2D eigenvalue weighted by Gasteiger charge is -2.40. The van der Waals surface area contributed by atoms with Gasteiger partial charge in [-0.1, -0.05) is 6.42 Å². The summed E-state index contributed by atoms with van der Waals surface area (Å²) in [6, 6.07) is 0.703. The molecule has 2 aromatic rings. The second kappa shape index (κ2) is 7.12. The number of H-pyrrole nitrogens is 1. The van der Waals surface area contributed by atoms with E-state index in [9.17, 15) is 9.59 Å². The fourth-order valence-electron chi connectivity index (χ4n) is 4.86. The average molecular weight is 377 g/mol. The van der Waals surface area contributed by atoms with E-state index in [-0.39, 0.29) is 5.56 Å². The molecule has 7 heteroatoms. The first-order chi connectivity index (χ1) is 12.6. The highest BCUT2D eigenvalue weighted by molar-refractivity contribution is 7.20. The Morgan fingerprint density at radius 1 is 1.31 bits per heavy atom. The van der Waals surface area contributed by atoms with Crippen molar-refractivity contribution in [2.24, 2.45) is 5.92 Å². The molecular formula is C19H26N3O3S+. The number of methoxy groups -OCH3 is 1. The minimum absolute atomic E-state index is 0.148. The second-order valence-corrected chi connectivity index (χ2v) is 8.62. The van der Waals surface area contributed by atoms with Crippen LogP contribution in [0, 0.1) is 12.8 Å². The Bertz CT molecular complexity index is 886. The molecule has 1 unspecified atom stereocenters. The molecule has 2 aliphatic rings. The van der Waals surface area contributed by atoms with Crippen molar-refractivity contribution in [3.05, 3.63) is 26.6 Å². The standard InChI is InChI=1S/C19H25N3O3S/c1-11-15-17(23)20-14(21-18(15)26-16(11)19(24)25-2)10-22-9-5-7-12-6-3-4-8-13(12)22/h12-13H,3-10H2,1-2H3,(H,20,21,23)/p+1/t12-,13+/m1/s1. The van der Waals surface area contributed by atoms with Crippen LogP contribution in [-0.2, 0) is 11.3 Å². The lowest BCUT2D eigenvalue weighted by atomic mass is 9.78. The van der Waals surface area contributed by atoms with E-state index in [0.29, 0.717) is 26.7 Å². The van der Waals surface area contributed by atoms with E-state index in [0.717, 1.165) is 24.8 Å². The smallest absolute Gasteiger partial charge is 0.348 e. The Morgan fingerprint density at radius 3 is 2.88 bits per heavy atom. The highest BCUT2D eigenvalue weighted by Gasteiger charge is 2.36. The molecule has 3 atom stereocenters. The molecule has 2 fully saturated rings. The summed E-state index contributed by atoms with van der Waals surface area (Å²) in [7, 11) is 1.36. The predicted molar refractivity (Wildman–Crippen MR) is 101 cm³/mol. The molecule has 0 amide bonds. The number of ether oxygens (including phenoxy) is 1. The molecule has 1 aliphatic carbocycles. The minimum Gasteiger partial charge on any atom is -0.465 e. The lowest BCUT2D eigenvalue weighted by Crippen LogP contribution is -3.16. The number of quaternary nitrogens is 1. The minimum atomic E-state index is -0.404. The van der Waals surface area contributed by atoms with Gasteiger partial charge in [-0.25, -0.2) is 9.78 Å². The Hall–Kier alpha value is -1.73. The molecular weight excluding hydrogens is 350 g/mol. The summed E-state index contributed by atoms with van der Waals surface area (Å²) in [5.41, 5.74) is 0.514. The van der Waals surface area contributed by atoms with Crippen molar-refractivity contribution < 1.29 is 14.4 Å². The molecule has 0 radical (unpaired) electrons. The maximum atomic E-state index is 12.6. The summed E-state index contributed by atoms with van der Waals surface area (Å²) in [6.45, 7) is 3.70. The Balaban J connectivity index is 1.65. The number of carbonyl (C=O) groups excluding carboxylic acids is 1. The SMILES string of the molecule is COC(=O)c1sc2nc(C[NH+]3CCC[C@H]4CCCC[C@@H]43)[nH]c(=O)c2c1C. The topological polar surface area (TPSA) is 76.5 Å². The number of carbonyl (C=O) groups is 1. The number of hydrogen-bond acceptors (Lipinski definition) is 5. The van der Waals surface area contributed by atoms with Crippen LogP contribution in [0.4, 0.5) is 0 Å². The van der Waals surface area contributed by atoms with Crippen LogP contribution in [0.5, 0.6) is 0 Å². The number of aromatic amines is 1. The first-order valence-corrected chi connectivity index (χ1v) is 10.3. The first-order valence-electron chi connectivity index (χ1n) is 9.53. The summed E-state index contributed by atoms with van der Waals surface area (Å²) in [4.78, 5) is 34.9. The van der Waals surface area contributed by atoms with E-state index < -0.39 is 5.97 Å². The van der Waals surface area contributed by atoms with Crippen LogP contribution in [0.1, 0.15) is 59.6 Å². The molecule has 1 aliphatic heterocycles. The van der Waals surface area contributed by atoms with Crippen molar-refractivity contribution >= 4 is 27.5 Å². The number of rotatable bonds is 3. The number of aryl methyl sites for hydroxylation is 1. The maximum Gasteiger partial charge on any atom is 0.348 e. The molecule has 1 saturated heterocycles. The monoisotopic (exact) mass is 376 g/mol. The Kier molecular flexibility index (Phi) is 4.84. The van der Waals surface area contributed by atoms with Crippen molar-refractivity contribution in [3.8, 4) is 0 Å². The molecule has 1 saturated carbocycles. The number of hydrogen-bond donors (Lipinski definition) is 2. The highest BCUT2D eigenvalue weighted by Crippen LogP contribution is 2.29. The van der Waals surface area contributed by atoms with Crippen LogP contribution in [-0.4, -0.2) is 35.6 Å². The zero-order chi connectivity index (χ0) is 18.3. The summed E-state index contributed by atoms with van der Waals surface area (Å²) >= 11 is 1.25. The second-order valence-electron chi connectivity index (χ2n) is 7.62. The van der Waals surface area contributed by atoms with Crippen LogP contribution in [0.2, 0.25) is 0 Å². The molecule has 6 nitrogen and oxygen atoms in total. The summed E-state index contributed by atoms with van der Waals surface area (Å²) in [5, 5.41) is 0.517.